The van der Waals surface area contributed by atoms with E-state index in [1.807, 2.05) is 32.0 Å². The van der Waals surface area contributed by atoms with Crippen molar-refractivity contribution in [1.29, 1.82) is 0 Å². The van der Waals surface area contributed by atoms with Crippen LogP contribution in [0.25, 0.3) is 11.0 Å². The van der Waals surface area contributed by atoms with Crippen molar-refractivity contribution in [1.82, 2.24) is 25.6 Å². The van der Waals surface area contributed by atoms with Crippen LogP contribution in [0.15, 0.2) is 24.3 Å². The molecule has 0 amide bonds. The van der Waals surface area contributed by atoms with Crippen LogP contribution in [0.3, 0.4) is 0 Å². The first-order chi connectivity index (χ1) is 10.1. The molecule has 0 bridgehead atoms. The van der Waals surface area contributed by atoms with Gasteiger partial charge in [-0.3, -0.25) is 5.10 Å². The number of benzene rings is 1. The van der Waals surface area contributed by atoms with Crippen LogP contribution >= 0.6 is 0 Å². The standard InChI is InChI=1S/C14H15N5O2/c1-8(2)11-6-13(16-15-11)14(20)21-7-9-3-4-10-12(5-9)18-19-17-10/h3-6,8H,7H2,1-2H3,(H,15,16)(H,17,18,19). The number of carbonyl (C=O) groups is 1. The van der Waals surface area contributed by atoms with Crippen molar-refractivity contribution >= 4 is 17.0 Å². The number of nitrogens with one attached hydrogen (secondary N) is 2. The van der Waals surface area contributed by atoms with Gasteiger partial charge in [-0.05, 0) is 29.7 Å². The van der Waals surface area contributed by atoms with Crippen LogP contribution in [0.1, 0.15) is 41.5 Å². The Labute approximate surface area is 120 Å². The normalized spacial score (nSPS) is 11.2. The second-order valence-corrected chi connectivity index (χ2v) is 5.09. The van der Waals surface area contributed by atoms with Crippen molar-refractivity contribution in [3.05, 3.63) is 41.2 Å². The molecule has 7 heteroatoms. The van der Waals surface area contributed by atoms with Gasteiger partial charge in [0.05, 0.1) is 0 Å². The fourth-order valence-electron chi connectivity index (χ4n) is 1.94. The van der Waals surface area contributed by atoms with E-state index in [4.69, 9.17) is 4.74 Å². The summed E-state index contributed by atoms with van der Waals surface area (Å²) in [4.78, 5) is 11.9. The maximum atomic E-state index is 11.9. The van der Waals surface area contributed by atoms with Crippen molar-refractivity contribution in [3.63, 3.8) is 0 Å². The lowest BCUT2D eigenvalue weighted by molar-refractivity contribution is 0.0466. The van der Waals surface area contributed by atoms with Gasteiger partial charge in [-0.1, -0.05) is 19.9 Å². The molecule has 7 nitrogen and oxygen atoms in total. The summed E-state index contributed by atoms with van der Waals surface area (Å²) in [5, 5.41) is 17.3. The largest absolute Gasteiger partial charge is 0.456 e. The zero-order chi connectivity index (χ0) is 14.8. The predicted octanol–water partition coefficient (Wildman–Crippen LogP) is 2.16. The van der Waals surface area contributed by atoms with E-state index in [1.54, 1.807) is 6.07 Å². The first-order valence-electron chi connectivity index (χ1n) is 6.65. The molecular formula is C14H15N5O2. The van der Waals surface area contributed by atoms with Crippen LogP contribution in [0, 0.1) is 0 Å². The van der Waals surface area contributed by atoms with E-state index in [0.29, 0.717) is 5.69 Å². The number of aromatic amines is 2. The molecule has 3 rings (SSSR count). The van der Waals surface area contributed by atoms with Crippen molar-refractivity contribution in [2.24, 2.45) is 0 Å². The molecule has 0 radical (unpaired) electrons. The Morgan fingerprint density at radius 2 is 2.00 bits per heavy atom. The highest BCUT2D eigenvalue weighted by molar-refractivity contribution is 5.87. The van der Waals surface area contributed by atoms with Crippen molar-refractivity contribution in [3.8, 4) is 0 Å². The number of H-pyrrole nitrogens is 2. The average molecular weight is 285 g/mol. The molecule has 0 aliphatic carbocycles. The fourth-order valence-corrected chi connectivity index (χ4v) is 1.94. The molecule has 0 aliphatic rings. The number of carbonyl (C=O) groups excluding carboxylic acids is 1. The molecule has 0 saturated heterocycles. The fraction of sp³-hybridized carbons (Fsp3) is 0.286. The van der Waals surface area contributed by atoms with Gasteiger partial charge < -0.3 is 4.74 Å². The maximum absolute atomic E-state index is 11.9. The smallest absolute Gasteiger partial charge is 0.359 e. The van der Waals surface area contributed by atoms with E-state index in [9.17, 15) is 4.79 Å². The van der Waals surface area contributed by atoms with Crippen LogP contribution in [-0.2, 0) is 11.3 Å². The van der Waals surface area contributed by atoms with Gasteiger partial charge in [-0.15, -0.1) is 0 Å². The van der Waals surface area contributed by atoms with Gasteiger partial charge in [0.1, 0.15) is 17.6 Å². The summed E-state index contributed by atoms with van der Waals surface area (Å²) in [5.74, 6) is -0.160. The third-order valence-electron chi connectivity index (χ3n) is 3.18. The average Bonchev–Trinajstić information content (AvgIpc) is 3.12. The zero-order valence-corrected chi connectivity index (χ0v) is 11.8. The predicted molar refractivity (Wildman–Crippen MR) is 75.7 cm³/mol. The number of esters is 1. The molecule has 0 aliphatic heterocycles. The van der Waals surface area contributed by atoms with E-state index < -0.39 is 5.97 Å². The third kappa shape index (κ3) is 2.76. The molecule has 3 aromatic rings. The zero-order valence-electron chi connectivity index (χ0n) is 11.8. The van der Waals surface area contributed by atoms with Crippen LogP contribution < -0.4 is 0 Å². The molecule has 2 N–H and O–H groups in total. The van der Waals surface area contributed by atoms with Gasteiger partial charge in [0, 0.05) is 5.69 Å². The number of nitrogens with zero attached hydrogens (tertiary/aromatic N) is 3. The molecule has 0 fully saturated rings. The number of fused-ring (bicyclic) bond motifs is 1. The number of rotatable bonds is 4. The molecule has 2 aromatic heterocycles. The summed E-state index contributed by atoms with van der Waals surface area (Å²) in [6.45, 7) is 4.22. The van der Waals surface area contributed by atoms with Gasteiger partial charge in [0.25, 0.3) is 0 Å². The van der Waals surface area contributed by atoms with Gasteiger partial charge in [-0.25, -0.2) is 4.79 Å². The molecule has 0 saturated carbocycles. The summed E-state index contributed by atoms with van der Waals surface area (Å²) in [6, 6.07) is 7.22. The summed E-state index contributed by atoms with van der Waals surface area (Å²) in [6.07, 6.45) is 0. The minimum Gasteiger partial charge on any atom is -0.456 e. The number of ether oxygens (including phenoxy) is 1. The lowest BCUT2D eigenvalue weighted by atomic mass is 10.1. The van der Waals surface area contributed by atoms with Crippen molar-refractivity contribution in [2.45, 2.75) is 26.4 Å². The molecule has 21 heavy (non-hydrogen) atoms. The van der Waals surface area contributed by atoms with Gasteiger partial charge in [0.15, 0.2) is 5.69 Å². The highest BCUT2D eigenvalue weighted by Gasteiger charge is 2.13. The Kier molecular flexibility index (Phi) is 3.39. The van der Waals surface area contributed by atoms with Gasteiger partial charge in [-0.2, -0.15) is 20.5 Å². The molecule has 1 aromatic carbocycles. The Balaban J connectivity index is 1.67. The lowest BCUT2D eigenvalue weighted by Crippen LogP contribution is -2.05. The second kappa shape index (κ2) is 5.35. The minimum absolute atomic E-state index is 0.172. The first kappa shape index (κ1) is 13.3. The van der Waals surface area contributed by atoms with Crippen molar-refractivity contribution in [2.75, 3.05) is 0 Å². The van der Waals surface area contributed by atoms with Gasteiger partial charge in [0.2, 0.25) is 0 Å². The Bertz CT molecular complexity index is 774. The Morgan fingerprint density at radius 3 is 2.76 bits per heavy atom. The molecule has 0 unspecified atom stereocenters. The van der Waals surface area contributed by atoms with Crippen LogP contribution in [-0.4, -0.2) is 31.6 Å². The number of hydrogen-bond acceptors (Lipinski definition) is 5. The molecule has 2 heterocycles. The molecule has 108 valence electrons. The molecule has 0 spiro atoms. The highest BCUT2D eigenvalue weighted by Crippen LogP contribution is 2.14. The lowest BCUT2D eigenvalue weighted by Gasteiger charge is -2.02. The first-order valence-corrected chi connectivity index (χ1v) is 6.65. The number of aromatic nitrogens is 5. The summed E-state index contributed by atoms with van der Waals surface area (Å²) < 4.78 is 5.25. The third-order valence-corrected chi connectivity index (χ3v) is 3.18. The summed E-state index contributed by atoms with van der Waals surface area (Å²) >= 11 is 0. The van der Waals surface area contributed by atoms with E-state index in [-0.39, 0.29) is 12.5 Å². The number of hydrogen-bond donors (Lipinski definition) is 2. The Morgan fingerprint density at radius 1 is 1.19 bits per heavy atom. The quantitative estimate of drug-likeness (QED) is 0.716. The van der Waals surface area contributed by atoms with Crippen LogP contribution in [0.4, 0.5) is 0 Å². The second-order valence-electron chi connectivity index (χ2n) is 5.09. The van der Waals surface area contributed by atoms with E-state index in [0.717, 1.165) is 22.3 Å². The summed E-state index contributed by atoms with van der Waals surface area (Å²) in [7, 11) is 0. The SMILES string of the molecule is CC(C)c1cc(C(=O)OCc2ccc3n[nH]nc3c2)n[nH]1. The van der Waals surface area contributed by atoms with E-state index >= 15 is 0 Å². The van der Waals surface area contributed by atoms with Gasteiger partial charge >= 0.3 is 5.97 Å². The van der Waals surface area contributed by atoms with Crippen molar-refractivity contribution < 1.29 is 9.53 Å². The topological polar surface area (TPSA) is 96.6 Å². The van der Waals surface area contributed by atoms with E-state index in [2.05, 4.69) is 25.6 Å². The molecular weight excluding hydrogens is 270 g/mol. The minimum atomic E-state index is -0.446. The van der Waals surface area contributed by atoms with Crippen LogP contribution in [0.5, 0.6) is 0 Å². The monoisotopic (exact) mass is 285 g/mol. The summed E-state index contributed by atoms with van der Waals surface area (Å²) in [5.41, 5.74) is 3.57. The molecule has 0 atom stereocenters. The van der Waals surface area contributed by atoms with Crippen LogP contribution in [0.2, 0.25) is 0 Å². The highest BCUT2D eigenvalue weighted by atomic mass is 16.5. The van der Waals surface area contributed by atoms with E-state index in [1.165, 1.54) is 0 Å². The maximum Gasteiger partial charge on any atom is 0.359 e. The Hall–Kier alpha value is -2.70.